The molecule has 3 heterocycles. The van der Waals surface area contributed by atoms with Gasteiger partial charge in [-0.05, 0) is 63.0 Å². The zero-order valence-electron chi connectivity index (χ0n) is 16.1. The molecular weight excluding hydrogens is 354 g/mol. The van der Waals surface area contributed by atoms with Crippen LogP contribution in [0.5, 0.6) is 0 Å². The minimum Gasteiger partial charge on any atom is -0.349 e. The van der Waals surface area contributed by atoms with Crippen molar-refractivity contribution in [2.24, 2.45) is 0 Å². The number of fused-ring (bicyclic) bond motifs is 1. The van der Waals surface area contributed by atoms with Crippen molar-refractivity contribution in [1.82, 2.24) is 14.8 Å². The zero-order chi connectivity index (χ0) is 18.8. The molecule has 1 fully saturated rings. The summed E-state index contributed by atoms with van der Waals surface area (Å²) in [6.45, 7) is 8.95. The Labute approximate surface area is 164 Å². The van der Waals surface area contributed by atoms with Gasteiger partial charge in [0.2, 0.25) is 0 Å². The number of benzene rings is 1. The van der Waals surface area contributed by atoms with Crippen molar-refractivity contribution in [3.05, 3.63) is 58.1 Å². The molecule has 1 amide bonds. The summed E-state index contributed by atoms with van der Waals surface area (Å²) in [5.74, 6) is 0.0313. The molecule has 1 aliphatic rings. The number of nitrogens with one attached hydrogen (secondary N) is 1. The second kappa shape index (κ2) is 7.87. The van der Waals surface area contributed by atoms with Crippen molar-refractivity contribution in [2.45, 2.75) is 33.2 Å². The normalized spacial score (nSPS) is 14.9. The molecule has 4 nitrogen and oxygen atoms in total. The third kappa shape index (κ3) is 3.94. The van der Waals surface area contributed by atoms with Crippen molar-refractivity contribution in [1.29, 1.82) is 0 Å². The minimum absolute atomic E-state index is 0.0313. The summed E-state index contributed by atoms with van der Waals surface area (Å²) in [6.07, 6.45) is 2.56. The maximum atomic E-state index is 12.9. The number of rotatable bonds is 6. The summed E-state index contributed by atoms with van der Waals surface area (Å²) in [7, 11) is 0. The molecule has 0 radical (unpaired) electrons. The Kier molecular flexibility index (Phi) is 5.32. The zero-order valence-corrected chi connectivity index (χ0v) is 16.9. The maximum Gasteiger partial charge on any atom is 0.268 e. The third-order valence-electron chi connectivity index (χ3n) is 5.45. The highest BCUT2D eigenvalue weighted by atomic mass is 32.1. The average Bonchev–Trinajstić information content (AvgIpc) is 3.34. The molecule has 0 saturated carbocycles. The molecule has 1 aromatic carbocycles. The summed E-state index contributed by atoms with van der Waals surface area (Å²) >= 11 is 1.75. The predicted molar refractivity (Wildman–Crippen MR) is 113 cm³/mol. The topological polar surface area (TPSA) is 37.3 Å². The van der Waals surface area contributed by atoms with E-state index in [2.05, 4.69) is 65.0 Å². The smallest absolute Gasteiger partial charge is 0.268 e. The van der Waals surface area contributed by atoms with E-state index in [9.17, 15) is 4.79 Å². The number of amides is 1. The molecule has 2 aromatic heterocycles. The third-order valence-corrected chi connectivity index (χ3v) is 6.43. The quantitative estimate of drug-likeness (QED) is 0.695. The van der Waals surface area contributed by atoms with Gasteiger partial charge in [0.1, 0.15) is 5.69 Å². The monoisotopic (exact) mass is 381 g/mol. The van der Waals surface area contributed by atoms with Crippen molar-refractivity contribution in [2.75, 3.05) is 26.2 Å². The van der Waals surface area contributed by atoms with Gasteiger partial charge in [0.05, 0.1) is 10.2 Å². The first-order valence-electron chi connectivity index (χ1n) is 9.76. The van der Waals surface area contributed by atoms with Crippen LogP contribution in [0.3, 0.4) is 0 Å². The number of hydrogen-bond donors (Lipinski definition) is 1. The molecule has 1 N–H and O–H groups in total. The van der Waals surface area contributed by atoms with E-state index < -0.39 is 0 Å². The molecule has 0 bridgehead atoms. The van der Waals surface area contributed by atoms with Crippen LogP contribution < -0.4 is 5.32 Å². The first-order chi connectivity index (χ1) is 13.1. The van der Waals surface area contributed by atoms with E-state index in [-0.39, 0.29) is 5.91 Å². The van der Waals surface area contributed by atoms with Gasteiger partial charge in [-0.2, -0.15) is 0 Å². The number of carbonyl (C=O) groups is 1. The molecule has 0 unspecified atom stereocenters. The molecule has 0 aliphatic carbocycles. The Hall–Kier alpha value is -2.11. The Morgan fingerprint density at radius 2 is 1.93 bits per heavy atom. The summed E-state index contributed by atoms with van der Waals surface area (Å²) < 4.78 is 3.36. The molecule has 4 rings (SSSR count). The van der Waals surface area contributed by atoms with Crippen molar-refractivity contribution in [3.8, 4) is 0 Å². The van der Waals surface area contributed by atoms with E-state index in [0.29, 0.717) is 6.54 Å². The first-order valence-corrected chi connectivity index (χ1v) is 10.6. The van der Waals surface area contributed by atoms with E-state index in [1.54, 1.807) is 11.3 Å². The standard InChI is InChI=1S/C22H27N3OS/c1-16-7-3-4-8-18(16)15-25-19-13-17(2)27-21(19)14-20(25)22(26)23-9-12-24-10-5-6-11-24/h3-4,7-8,13-14H,5-6,9-12,15H2,1-2H3,(H,23,26). The highest BCUT2D eigenvalue weighted by Gasteiger charge is 2.18. The molecule has 3 aromatic rings. The van der Waals surface area contributed by atoms with E-state index in [4.69, 9.17) is 0 Å². The van der Waals surface area contributed by atoms with Gasteiger partial charge >= 0.3 is 0 Å². The average molecular weight is 382 g/mol. The highest BCUT2D eigenvalue weighted by Crippen LogP contribution is 2.29. The van der Waals surface area contributed by atoms with Crippen molar-refractivity contribution in [3.63, 3.8) is 0 Å². The summed E-state index contributed by atoms with van der Waals surface area (Å²) in [5.41, 5.74) is 4.43. The predicted octanol–water partition coefficient (Wildman–Crippen LogP) is 4.19. The number of nitrogens with zero attached hydrogens (tertiary/aromatic N) is 2. The SMILES string of the molecule is Cc1cc2c(cc(C(=O)NCCN3CCCC3)n2Cc2ccccc2C)s1. The Morgan fingerprint density at radius 1 is 1.15 bits per heavy atom. The van der Waals surface area contributed by atoms with Gasteiger partial charge in [0, 0.05) is 24.5 Å². The number of thiophene rings is 1. The maximum absolute atomic E-state index is 12.9. The van der Waals surface area contributed by atoms with E-state index >= 15 is 0 Å². The fourth-order valence-electron chi connectivity index (χ4n) is 3.91. The van der Waals surface area contributed by atoms with E-state index in [0.717, 1.165) is 37.4 Å². The number of aromatic nitrogens is 1. The second-order valence-electron chi connectivity index (χ2n) is 7.45. The van der Waals surface area contributed by atoms with Gasteiger partial charge in [0.25, 0.3) is 5.91 Å². The van der Waals surface area contributed by atoms with Crippen LogP contribution in [0, 0.1) is 13.8 Å². The Morgan fingerprint density at radius 3 is 2.70 bits per heavy atom. The van der Waals surface area contributed by atoms with Gasteiger partial charge in [0.15, 0.2) is 0 Å². The van der Waals surface area contributed by atoms with E-state index in [1.807, 2.05) is 0 Å². The highest BCUT2D eigenvalue weighted by molar-refractivity contribution is 7.19. The van der Waals surface area contributed by atoms with Crippen LogP contribution in [0.15, 0.2) is 36.4 Å². The van der Waals surface area contributed by atoms with Gasteiger partial charge < -0.3 is 14.8 Å². The molecule has 27 heavy (non-hydrogen) atoms. The molecule has 5 heteroatoms. The second-order valence-corrected chi connectivity index (χ2v) is 8.74. The lowest BCUT2D eigenvalue weighted by Crippen LogP contribution is -2.34. The van der Waals surface area contributed by atoms with Gasteiger partial charge in [-0.1, -0.05) is 24.3 Å². The largest absolute Gasteiger partial charge is 0.349 e. The van der Waals surface area contributed by atoms with Gasteiger partial charge in [-0.3, -0.25) is 4.79 Å². The van der Waals surface area contributed by atoms with Crippen molar-refractivity contribution >= 4 is 27.5 Å². The van der Waals surface area contributed by atoms with Crippen molar-refractivity contribution < 1.29 is 4.79 Å². The molecular formula is C22H27N3OS. The number of likely N-dealkylation sites (tertiary alicyclic amines) is 1. The Bertz CT molecular complexity index is 950. The van der Waals surface area contributed by atoms with Crippen LogP contribution in [-0.4, -0.2) is 41.6 Å². The van der Waals surface area contributed by atoms with Gasteiger partial charge in [-0.15, -0.1) is 11.3 Å². The van der Waals surface area contributed by atoms with Crippen LogP contribution in [-0.2, 0) is 6.54 Å². The molecule has 0 atom stereocenters. The molecule has 142 valence electrons. The lowest BCUT2D eigenvalue weighted by molar-refractivity contribution is 0.0941. The molecule has 1 saturated heterocycles. The molecule has 0 spiro atoms. The summed E-state index contributed by atoms with van der Waals surface area (Å²) in [4.78, 5) is 16.6. The lowest BCUT2D eigenvalue weighted by Gasteiger charge is -2.16. The fraction of sp³-hybridized carbons (Fsp3) is 0.409. The first kappa shape index (κ1) is 18.3. The minimum atomic E-state index is 0.0313. The van der Waals surface area contributed by atoms with Crippen LogP contribution in [0.25, 0.3) is 10.2 Å². The fourth-order valence-corrected chi connectivity index (χ4v) is 4.87. The summed E-state index contributed by atoms with van der Waals surface area (Å²) in [6, 6.07) is 12.7. The Balaban J connectivity index is 1.56. The van der Waals surface area contributed by atoms with Crippen LogP contribution in [0.1, 0.15) is 39.3 Å². The van der Waals surface area contributed by atoms with E-state index in [1.165, 1.54) is 33.5 Å². The number of hydrogen-bond acceptors (Lipinski definition) is 3. The number of aryl methyl sites for hydroxylation is 2. The number of carbonyl (C=O) groups excluding carboxylic acids is 1. The van der Waals surface area contributed by atoms with Crippen LogP contribution in [0.2, 0.25) is 0 Å². The summed E-state index contributed by atoms with van der Waals surface area (Å²) in [5, 5.41) is 3.14. The van der Waals surface area contributed by atoms with Crippen LogP contribution >= 0.6 is 11.3 Å². The molecule has 1 aliphatic heterocycles. The van der Waals surface area contributed by atoms with Gasteiger partial charge in [-0.25, -0.2) is 0 Å². The van der Waals surface area contributed by atoms with Crippen LogP contribution in [0.4, 0.5) is 0 Å². The lowest BCUT2D eigenvalue weighted by atomic mass is 10.1.